The van der Waals surface area contributed by atoms with Gasteiger partial charge in [-0.15, -0.1) is 0 Å². The fraction of sp³-hybridized carbons (Fsp3) is 0.350. The lowest BCUT2D eigenvalue weighted by atomic mass is 9.98. The van der Waals surface area contributed by atoms with Crippen LogP contribution in [0.4, 0.5) is 5.69 Å². The first kappa shape index (κ1) is 19.4. The molecule has 27 heavy (non-hydrogen) atoms. The molecule has 1 unspecified atom stereocenters. The van der Waals surface area contributed by atoms with Gasteiger partial charge in [0.25, 0.3) is 0 Å². The van der Waals surface area contributed by atoms with Crippen molar-refractivity contribution in [3.63, 3.8) is 0 Å². The second kappa shape index (κ2) is 8.10. The third-order valence-corrected chi connectivity index (χ3v) is 5.89. The van der Waals surface area contributed by atoms with Crippen molar-refractivity contribution >= 4 is 21.6 Å². The molecule has 0 aliphatic carbocycles. The summed E-state index contributed by atoms with van der Waals surface area (Å²) in [4.78, 5) is 12.7. The van der Waals surface area contributed by atoms with Crippen LogP contribution in [-0.4, -0.2) is 38.0 Å². The summed E-state index contributed by atoms with van der Waals surface area (Å²) in [5.41, 5.74) is 1.70. The van der Waals surface area contributed by atoms with E-state index in [-0.39, 0.29) is 18.4 Å². The van der Waals surface area contributed by atoms with Crippen LogP contribution in [0.5, 0.6) is 11.5 Å². The molecule has 1 aliphatic rings. The summed E-state index contributed by atoms with van der Waals surface area (Å²) in [6, 6.07) is 14.9. The second-order valence-corrected chi connectivity index (χ2v) is 8.84. The minimum Gasteiger partial charge on any atom is -0.455 e. The Bertz CT molecular complexity index is 910. The minimum absolute atomic E-state index is 0.191. The van der Waals surface area contributed by atoms with Gasteiger partial charge in [0, 0.05) is 13.1 Å². The molecule has 1 fully saturated rings. The summed E-state index contributed by atoms with van der Waals surface area (Å²) in [6.45, 7) is 2.68. The van der Waals surface area contributed by atoms with Gasteiger partial charge in [0.2, 0.25) is 15.9 Å². The molecule has 1 atom stereocenters. The fourth-order valence-corrected chi connectivity index (χ4v) is 4.00. The van der Waals surface area contributed by atoms with Gasteiger partial charge in [-0.25, -0.2) is 12.7 Å². The van der Waals surface area contributed by atoms with Gasteiger partial charge >= 0.3 is 0 Å². The van der Waals surface area contributed by atoms with Crippen molar-refractivity contribution in [3.8, 4) is 11.5 Å². The summed E-state index contributed by atoms with van der Waals surface area (Å²) in [5.74, 6) is 0.665. The highest BCUT2D eigenvalue weighted by Crippen LogP contribution is 2.30. The highest BCUT2D eigenvalue weighted by Gasteiger charge is 2.30. The summed E-state index contributed by atoms with van der Waals surface area (Å²) in [7, 11) is -3.29. The molecule has 1 N–H and O–H groups in total. The van der Waals surface area contributed by atoms with Crippen molar-refractivity contribution in [3.05, 3.63) is 54.1 Å². The predicted molar refractivity (Wildman–Crippen MR) is 105 cm³/mol. The Kier molecular flexibility index (Phi) is 5.82. The smallest absolute Gasteiger partial charge is 0.228 e. The number of hydrogen-bond acceptors (Lipinski definition) is 4. The zero-order valence-electron chi connectivity index (χ0n) is 15.5. The molecule has 0 saturated carbocycles. The van der Waals surface area contributed by atoms with Crippen molar-refractivity contribution in [1.29, 1.82) is 0 Å². The van der Waals surface area contributed by atoms with Gasteiger partial charge in [-0.05, 0) is 44.0 Å². The van der Waals surface area contributed by atoms with Crippen molar-refractivity contribution in [2.45, 2.75) is 19.8 Å². The number of ether oxygens (including phenoxy) is 1. The number of piperidine rings is 1. The van der Waals surface area contributed by atoms with Gasteiger partial charge in [0.15, 0.2) is 5.75 Å². The molecule has 1 saturated heterocycles. The highest BCUT2D eigenvalue weighted by molar-refractivity contribution is 7.88. The van der Waals surface area contributed by atoms with Gasteiger partial charge in [-0.2, -0.15) is 0 Å². The number of amides is 1. The number of sulfonamides is 1. The van der Waals surface area contributed by atoms with E-state index in [0.29, 0.717) is 36.6 Å². The van der Waals surface area contributed by atoms with Crippen molar-refractivity contribution in [1.82, 2.24) is 4.31 Å². The predicted octanol–water partition coefficient (Wildman–Crippen LogP) is 3.40. The topological polar surface area (TPSA) is 75.7 Å². The van der Waals surface area contributed by atoms with Crippen LogP contribution in [0, 0.1) is 12.8 Å². The zero-order valence-corrected chi connectivity index (χ0v) is 16.3. The minimum atomic E-state index is -3.29. The van der Waals surface area contributed by atoms with Gasteiger partial charge in [0.05, 0.1) is 17.9 Å². The van der Waals surface area contributed by atoms with E-state index < -0.39 is 10.0 Å². The Morgan fingerprint density at radius 1 is 1.15 bits per heavy atom. The maximum absolute atomic E-state index is 12.7. The van der Waals surface area contributed by atoms with Crippen LogP contribution in [0.1, 0.15) is 18.4 Å². The molecule has 1 heterocycles. The van der Waals surface area contributed by atoms with E-state index in [9.17, 15) is 13.2 Å². The molecule has 0 radical (unpaired) electrons. The maximum atomic E-state index is 12.7. The van der Waals surface area contributed by atoms with E-state index in [2.05, 4.69) is 5.32 Å². The molecule has 2 aromatic carbocycles. The van der Waals surface area contributed by atoms with E-state index in [0.717, 1.165) is 5.56 Å². The van der Waals surface area contributed by atoms with E-state index in [4.69, 9.17) is 4.74 Å². The van der Waals surface area contributed by atoms with Gasteiger partial charge in [-0.1, -0.05) is 29.8 Å². The van der Waals surface area contributed by atoms with E-state index in [1.165, 1.54) is 10.6 Å². The lowest BCUT2D eigenvalue weighted by molar-refractivity contribution is -0.120. The average molecular weight is 388 g/mol. The Labute approximate surface area is 160 Å². The summed E-state index contributed by atoms with van der Waals surface area (Å²) in [6.07, 6.45) is 2.52. The maximum Gasteiger partial charge on any atom is 0.228 e. The molecule has 0 bridgehead atoms. The van der Waals surface area contributed by atoms with Crippen LogP contribution in [-0.2, 0) is 14.8 Å². The Morgan fingerprint density at radius 3 is 2.56 bits per heavy atom. The third kappa shape index (κ3) is 5.08. The average Bonchev–Trinajstić information content (AvgIpc) is 2.64. The van der Waals surface area contributed by atoms with Crippen LogP contribution < -0.4 is 10.1 Å². The van der Waals surface area contributed by atoms with E-state index in [1.807, 2.05) is 43.3 Å². The molecular weight excluding hydrogens is 364 g/mol. The molecule has 7 heteroatoms. The Morgan fingerprint density at radius 2 is 1.85 bits per heavy atom. The number of carbonyl (C=O) groups excluding carboxylic acids is 1. The lowest BCUT2D eigenvalue weighted by Gasteiger charge is -2.30. The van der Waals surface area contributed by atoms with Crippen molar-refractivity contribution in [2.75, 3.05) is 24.7 Å². The number of carbonyl (C=O) groups is 1. The molecule has 6 nitrogen and oxygen atoms in total. The summed E-state index contributed by atoms with van der Waals surface area (Å²) in [5, 5.41) is 2.90. The fourth-order valence-electron chi connectivity index (χ4n) is 3.08. The standard InChI is InChI=1S/C20H24N2O4S/c1-15-9-11-17(12-10-15)26-19-8-4-3-7-18(19)21-20(23)16-6-5-13-22(14-16)27(2,24)25/h3-4,7-12,16H,5-6,13-14H2,1-2H3,(H,21,23). The first-order valence-corrected chi connectivity index (χ1v) is 10.8. The molecule has 0 spiro atoms. The van der Waals surface area contributed by atoms with Crippen LogP contribution in [0.2, 0.25) is 0 Å². The van der Waals surface area contributed by atoms with Crippen molar-refractivity contribution < 1.29 is 17.9 Å². The van der Waals surface area contributed by atoms with Gasteiger partial charge in [0.1, 0.15) is 5.75 Å². The Balaban J connectivity index is 1.72. The Hall–Kier alpha value is -2.38. The number of aryl methyl sites for hydroxylation is 1. The summed E-state index contributed by atoms with van der Waals surface area (Å²) < 4.78 is 30.8. The first-order valence-electron chi connectivity index (χ1n) is 8.92. The lowest BCUT2D eigenvalue weighted by Crippen LogP contribution is -2.43. The molecule has 144 valence electrons. The van der Waals surface area contributed by atoms with Crippen molar-refractivity contribution in [2.24, 2.45) is 5.92 Å². The SMILES string of the molecule is Cc1ccc(Oc2ccccc2NC(=O)C2CCCN(S(C)(=O)=O)C2)cc1. The largest absolute Gasteiger partial charge is 0.455 e. The molecule has 2 aromatic rings. The summed E-state index contributed by atoms with van der Waals surface area (Å²) >= 11 is 0. The van der Waals surface area contributed by atoms with Crippen LogP contribution in [0.3, 0.4) is 0 Å². The number of rotatable bonds is 5. The molecule has 1 amide bonds. The van der Waals surface area contributed by atoms with E-state index >= 15 is 0 Å². The zero-order chi connectivity index (χ0) is 19.4. The number of nitrogens with one attached hydrogen (secondary N) is 1. The first-order chi connectivity index (χ1) is 12.8. The number of anilines is 1. The molecule has 3 rings (SSSR count). The number of hydrogen-bond donors (Lipinski definition) is 1. The third-order valence-electron chi connectivity index (χ3n) is 4.62. The number of para-hydroxylation sites is 2. The van der Waals surface area contributed by atoms with Crippen LogP contribution in [0.25, 0.3) is 0 Å². The normalized spacial score (nSPS) is 18.1. The van der Waals surface area contributed by atoms with E-state index in [1.54, 1.807) is 12.1 Å². The molecule has 1 aliphatic heterocycles. The highest BCUT2D eigenvalue weighted by atomic mass is 32.2. The number of nitrogens with zero attached hydrogens (tertiary/aromatic N) is 1. The molecule has 0 aromatic heterocycles. The van der Waals surface area contributed by atoms with Crippen LogP contribution in [0.15, 0.2) is 48.5 Å². The number of benzene rings is 2. The monoisotopic (exact) mass is 388 g/mol. The second-order valence-electron chi connectivity index (χ2n) is 6.86. The van der Waals surface area contributed by atoms with Crippen LogP contribution >= 0.6 is 0 Å². The van der Waals surface area contributed by atoms with Gasteiger partial charge in [-0.3, -0.25) is 4.79 Å². The van der Waals surface area contributed by atoms with Gasteiger partial charge < -0.3 is 10.1 Å². The molecular formula is C20H24N2O4S. The quantitative estimate of drug-likeness (QED) is 0.852.